The van der Waals surface area contributed by atoms with E-state index in [1.54, 1.807) is 18.0 Å². The van der Waals surface area contributed by atoms with E-state index in [-0.39, 0.29) is 5.69 Å². The molecule has 1 aromatic rings. The Balaban J connectivity index is 3.14. The van der Waals surface area contributed by atoms with Crippen LogP contribution in [-0.2, 0) is 0 Å². The average molecular weight is 224 g/mol. The van der Waals surface area contributed by atoms with Crippen LogP contribution in [0.15, 0.2) is 12.3 Å². The zero-order valence-corrected chi connectivity index (χ0v) is 9.51. The highest BCUT2D eigenvalue weighted by atomic mass is 16.6. The molecule has 1 aromatic heterocycles. The quantitative estimate of drug-likeness (QED) is 0.597. The molecule has 0 saturated heterocycles. The number of aryl methyl sites for hydroxylation is 1. The Morgan fingerprint density at radius 1 is 1.62 bits per heavy atom. The Morgan fingerprint density at radius 3 is 2.81 bits per heavy atom. The van der Waals surface area contributed by atoms with Crippen LogP contribution in [0.3, 0.4) is 0 Å². The van der Waals surface area contributed by atoms with Gasteiger partial charge in [-0.2, -0.15) is 0 Å². The van der Waals surface area contributed by atoms with Gasteiger partial charge in [-0.25, -0.2) is 4.98 Å². The molecule has 0 radical (unpaired) electrons. The molecule has 0 aliphatic rings. The first-order valence-corrected chi connectivity index (χ1v) is 5.16. The molecule has 6 nitrogen and oxygen atoms in total. The molecule has 88 valence electrons. The minimum atomic E-state index is -0.408. The molecule has 1 rings (SSSR count). The molecular formula is C10H16N4O2. The molecule has 16 heavy (non-hydrogen) atoms. The Morgan fingerprint density at radius 2 is 2.31 bits per heavy atom. The van der Waals surface area contributed by atoms with Crippen LogP contribution < -0.4 is 10.6 Å². The molecule has 0 amide bonds. The number of hydrogen-bond acceptors (Lipinski definition) is 5. The summed E-state index contributed by atoms with van der Waals surface area (Å²) in [6.07, 6.45) is 1.63. The van der Waals surface area contributed by atoms with Crippen molar-refractivity contribution in [2.24, 2.45) is 5.73 Å². The summed E-state index contributed by atoms with van der Waals surface area (Å²) in [5, 5.41) is 10.9. The SMILES string of the molecule is CCN(CCN)c1ncc(C)cc1[N+](=O)[O-]. The molecule has 0 saturated carbocycles. The molecule has 0 aliphatic carbocycles. The fraction of sp³-hybridized carbons (Fsp3) is 0.500. The van der Waals surface area contributed by atoms with Gasteiger partial charge in [-0.15, -0.1) is 0 Å². The van der Waals surface area contributed by atoms with Gasteiger partial charge >= 0.3 is 5.69 Å². The molecule has 0 aromatic carbocycles. The van der Waals surface area contributed by atoms with Crippen molar-refractivity contribution in [3.05, 3.63) is 27.9 Å². The van der Waals surface area contributed by atoms with Crippen molar-refractivity contribution in [1.29, 1.82) is 0 Å². The lowest BCUT2D eigenvalue weighted by atomic mass is 10.2. The third kappa shape index (κ3) is 2.66. The van der Waals surface area contributed by atoms with Gasteiger partial charge in [0.2, 0.25) is 5.82 Å². The first kappa shape index (κ1) is 12.4. The van der Waals surface area contributed by atoms with Gasteiger partial charge in [0.1, 0.15) is 0 Å². The number of rotatable bonds is 5. The third-order valence-corrected chi connectivity index (χ3v) is 2.26. The summed E-state index contributed by atoms with van der Waals surface area (Å²) in [5.74, 6) is 0.392. The van der Waals surface area contributed by atoms with E-state index in [0.717, 1.165) is 5.56 Å². The van der Waals surface area contributed by atoms with Gasteiger partial charge in [0.25, 0.3) is 0 Å². The van der Waals surface area contributed by atoms with Crippen LogP contribution in [0, 0.1) is 17.0 Å². The largest absolute Gasteiger partial charge is 0.350 e. The minimum Gasteiger partial charge on any atom is -0.350 e. The number of aromatic nitrogens is 1. The van der Waals surface area contributed by atoms with E-state index in [2.05, 4.69) is 4.98 Å². The molecule has 6 heteroatoms. The monoisotopic (exact) mass is 224 g/mol. The zero-order valence-electron chi connectivity index (χ0n) is 9.51. The van der Waals surface area contributed by atoms with E-state index in [4.69, 9.17) is 5.73 Å². The van der Waals surface area contributed by atoms with E-state index in [1.807, 2.05) is 6.92 Å². The van der Waals surface area contributed by atoms with Gasteiger partial charge in [0.05, 0.1) is 4.92 Å². The molecule has 0 atom stereocenters. The van der Waals surface area contributed by atoms with Gasteiger partial charge in [-0.1, -0.05) is 0 Å². The first-order chi connectivity index (χ1) is 7.60. The average Bonchev–Trinajstić information content (AvgIpc) is 2.26. The molecular weight excluding hydrogens is 208 g/mol. The summed E-state index contributed by atoms with van der Waals surface area (Å²) < 4.78 is 0. The van der Waals surface area contributed by atoms with E-state index in [1.165, 1.54) is 6.07 Å². The van der Waals surface area contributed by atoms with Gasteiger partial charge in [-0.3, -0.25) is 10.1 Å². The Kier molecular flexibility index (Phi) is 4.19. The number of nitrogens with two attached hydrogens (primary N) is 1. The van der Waals surface area contributed by atoms with Crippen LogP contribution in [-0.4, -0.2) is 29.5 Å². The smallest absolute Gasteiger partial charge is 0.311 e. The van der Waals surface area contributed by atoms with E-state index < -0.39 is 4.92 Å². The molecule has 0 aliphatic heterocycles. The number of hydrogen-bond donors (Lipinski definition) is 1. The number of nitrogens with zero attached hydrogens (tertiary/aromatic N) is 3. The highest BCUT2D eigenvalue weighted by Gasteiger charge is 2.19. The van der Waals surface area contributed by atoms with E-state index in [0.29, 0.717) is 25.5 Å². The lowest BCUT2D eigenvalue weighted by molar-refractivity contribution is -0.384. The highest BCUT2D eigenvalue weighted by molar-refractivity contribution is 5.58. The topological polar surface area (TPSA) is 85.3 Å². The first-order valence-electron chi connectivity index (χ1n) is 5.16. The highest BCUT2D eigenvalue weighted by Crippen LogP contribution is 2.25. The van der Waals surface area contributed by atoms with Gasteiger partial charge in [-0.05, 0) is 19.4 Å². The van der Waals surface area contributed by atoms with E-state index >= 15 is 0 Å². The maximum atomic E-state index is 10.9. The maximum Gasteiger partial charge on any atom is 0.311 e. The summed E-state index contributed by atoms with van der Waals surface area (Å²) >= 11 is 0. The third-order valence-electron chi connectivity index (χ3n) is 2.26. The molecule has 0 unspecified atom stereocenters. The summed E-state index contributed by atoms with van der Waals surface area (Å²) in [6, 6.07) is 1.53. The Hall–Kier alpha value is -1.69. The lowest BCUT2D eigenvalue weighted by Gasteiger charge is -2.20. The summed E-state index contributed by atoms with van der Waals surface area (Å²) in [4.78, 5) is 16.4. The second-order valence-corrected chi connectivity index (χ2v) is 3.48. The van der Waals surface area contributed by atoms with Crippen molar-refractivity contribution >= 4 is 11.5 Å². The molecule has 2 N–H and O–H groups in total. The van der Waals surface area contributed by atoms with Crippen molar-refractivity contribution in [1.82, 2.24) is 4.98 Å². The van der Waals surface area contributed by atoms with Crippen molar-refractivity contribution in [3.8, 4) is 0 Å². The van der Waals surface area contributed by atoms with Crippen molar-refractivity contribution in [2.45, 2.75) is 13.8 Å². The summed E-state index contributed by atoms with van der Waals surface area (Å²) in [6.45, 7) is 5.35. The number of anilines is 1. The summed E-state index contributed by atoms with van der Waals surface area (Å²) in [7, 11) is 0. The standard InChI is InChI=1S/C10H16N4O2/c1-3-13(5-4-11)10-9(14(15)16)6-8(2)7-12-10/h6-7H,3-5,11H2,1-2H3. The second-order valence-electron chi connectivity index (χ2n) is 3.48. The van der Waals surface area contributed by atoms with Crippen molar-refractivity contribution in [3.63, 3.8) is 0 Å². The molecule has 0 fully saturated rings. The molecule has 1 heterocycles. The number of nitro groups is 1. The van der Waals surface area contributed by atoms with Crippen molar-refractivity contribution in [2.75, 3.05) is 24.5 Å². The second kappa shape index (κ2) is 5.41. The zero-order chi connectivity index (χ0) is 12.1. The summed E-state index contributed by atoms with van der Waals surface area (Å²) in [5.41, 5.74) is 6.27. The maximum absolute atomic E-state index is 10.9. The lowest BCUT2D eigenvalue weighted by Crippen LogP contribution is -2.30. The Labute approximate surface area is 94.2 Å². The predicted molar refractivity (Wildman–Crippen MR) is 62.6 cm³/mol. The molecule has 0 spiro atoms. The van der Waals surface area contributed by atoms with Gasteiger partial charge in [0, 0.05) is 31.9 Å². The van der Waals surface area contributed by atoms with E-state index in [9.17, 15) is 10.1 Å². The number of likely N-dealkylation sites (N-methyl/N-ethyl adjacent to an activating group) is 1. The van der Waals surface area contributed by atoms with Crippen LogP contribution in [0.4, 0.5) is 11.5 Å². The van der Waals surface area contributed by atoms with Crippen LogP contribution >= 0.6 is 0 Å². The fourth-order valence-corrected chi connectivity index (χ4v) is 1.49. The van der Waals surface area contributed by atoms with Crippen LogP contribution in [0.5, 0.6) is 0 Å². The van der Waals surface area contributed by atoms with Crippen LogP contribution in [0.1, 0.15) is 12.5 Å². The fourth-order valence-electron chi connectivity index (χ4n) is 1.49. The van der Waals surface area contributed by atoms with Crippen LogP contribution in [0.25, 0.3) is 0 Å². The van der Waals surface area contributed by atoms with Crippen LogP contribution in [0.2, 0.25) is 0 Å². The van der Waals surface area contributed by atoms with Gasteiger partial charge in [0.15, 0.2) is 0 Å². The predicted octanol–water partition coefficient (Wildman–Crippen LogP) is 1.08. The molecule has 0 bridgehead atoms. The van der Waals surface area contributed by atoms with Gasteiger partial charge < -0.3 is 10.6 Å². The minimum absolute atomic E-state index is 0.0373. The normalized spacial score (nSPS) is 10.2. The Bertz CT molecular complexity index is 381. The van der Waals surface area contributed by atoms with Crippen molar-refractivity contribution < 1.29 is 4.92 Å². The number of pyridine rings is 1.